The van der Waals surface area contributed by atoms with Crippen LogP contribution < -0.4 is 5.32 Å². The molecule has 0 aromatic carbocycles. The predicted octanol–water partition coefficient (Wildman–Crippen LogP) is 0.682. The minimum Gasteiger partial charge on any atom is -0.466 e. The summed E-state index contributed by atoms with van der Waals surface area (Å²) in [6, 6.07) is -1.90. The van der Waals surface area contributed by atoms with Gasteiger partial charge in [0.25, 0.3) is 0 Å². The van der Waals surface area contributed by atoms with Crippen molar-refractivity contribution < 1.29 is 40.7 Å². The molecule has 1 N–H and O–H groups in total. The Morgan fingerprint density at radius 1 is 1.13 bits per heavy atom. The molecule has 12 nitrogen and oxygen atoms in total. The summed E-state index contributed by atoms with van der Waals surface area (Å²) in [4.78, 5) is 37.3. The third kappa shape index (κ3) is 7.59. The van der Waals surface area contributed by atoms with Gasteiger partial charge in [-0.1, -0.05) is 13.8 Å². The Kier molecular flexibility index (Phi) is 9.93. The fourth-order valence-corrected chi connectivity index (χ4v) is 3.98. The van der Waals surface area contributed by atoms with E-state index in [1.54, 1.807) is 6.92 Å². The monoisotopic (exact) mass is 465 g/mol. The van der Waals surface area contributed by atoms with Crippen LogP contribution in [0.15, 0.2) is 0 Å². The standard InChI is InChI=1S/C18H31N3O9S/c1-3-9-27-13-19-17(23)15-8-7-14-12-20(15)18(24)21(14)30-31(25,26)29-11-6-5-10-28-16(22)4-2/h14-15H,3-13H2,1-2H3,(H,19,23)/t14-,15+/m1/s1. The minimum absolute atomic E-state index is 0.0503. The van der Waals surface area contributed by atoms with Crippen molar-refractivity contribution in [2.75, 3.05) is 33.1 Å². The van der Waals surface area contributed by atoms with Gasteiger partial charge in [0.2, 0.25) is 5.91 Å². The third-order valence-electron chi connectivity index (χ3n) is 4.81. The van der Waals surface area contributed by atoms with Gasteiger partial charge in [0.05, 0.1) is 19.3 Å². The van der Waals surface area contributed by atoms with Crippen molar-refractivity contribution in [1.29, 1.82) is 0 Å². The van der Waals surface area contributed by atoms with Gasteiger partial charge in [-0.2, -0.15) is 13.5 Å². The first-order chi connectivity index (χ1) is 14.8. The van der Waals surface area contributed by atoms with Crippen molar-refractivity contribution in [1.82, 2.24) is 15.3 Å². The number of amides is 3. The largest absolute Gasteiger partial charge is 0.466 e. The maximum absolute atomic E-state index is 12.6. The van der Waals surface area contributed by atoms with Gasteiger partial charge in [-0.05, 0) is 32.1 Å². The summed E-state index contributed by atoms with van der Waals surface area (Å²) in [5.74, 6) is -0.682. The quantitative estimate of drug-likeness (QED) is 0.223. The molecule has 2 heterocycles. The number of urea groups is 1. The Balaban J connectivity index is 1.78. The number of hydrogen-bond acceptors (Lipinski definition) is 9. The maximum atomic E-state index is 12.6. The van der Waals surface area contributed by atoms with E-state index in [-0.39, 0.29) is 44.8 Å². The van der Waals surface area contributed by atoms with E-state index < -0.39 is 28.5 Å². The van der Waals surface area contributed by atoms with Crippen LogP contribution >= 0.6 is 0 Å². The van der Waals surface area contributed by atoms with Crippen molar-refractivity contribution in [3.8, 4) is 0 Å². The molecule has 0 spiro atoms. The Hall–Kier alpha value is -1.96. The minimum atomic E-state index is -4.45. The molecule has 13 heteroatoms. The van der Waals surface area contributed by atoms with Crippen LogP contribution in [-0.4, -0.2) is 81.5 Å². The fraction of sp³-hybridized carbons (Fsp3) is 0.833. The molecular formula is C18H31N3O9S. The van der Waals surface area contributed by atoms with E-state index in [0.717, 1.165) is 11.5 Å². The number of esters is 1. The summed E-state index contributed by atoms with van der Waals surface area (Å²) < 4.78 is 43.9. The molecule has 0 aromatic heterocycles. The molecule has 2 atom stereocenters. The molecule has 3 amide bonds. The molecule has 2 aliphatic rings. The first kappa shape index (κ1) is 25.3. The van der Waals surface area contributed by atoms with Gasteiger partial charge in [0, 0.05) is 19.6 Å². The predicted molar refractivity (Wildman–Crippen MR) is 106 cm³/mol. The molecule has 0 radical (unpaired) electrons. The van der Waals surface area contributed by atoms with Gasteiger partial charge in [-0.25, -0.2) is 8.98 Å². The summed E-state index contributed by atoms with van der Waals surface area (Å²) in [6.45, 7) is 4.37. The van der Waals surface area contributed by atoms with Crippen LogP contribution in [0.3, 0.4) is 0 Å². The third-order valence-corrected chi connectivity index (χ3v) is 5.61. The van der Waals surface area contributed by atoms with Crippen LogP contribution in [0, 0.1) is 0 Å². The molecule has 0 aromatic rings. The summed E-state index contributed by atoms with van der Waals surface area (Å²) in [7, 11) is -4.45. The Morgan fingerprint density at radius 2 is 1.87 bits per heavy atom. The Morgan fingerprint density at radius 3 is 2.58 bits per heavy atom. The van der Waals surface area contributed by atoms with Gasteiger partial charge < -0.3 is 19.7 Å². The highest BCUT2D eigenvalue weighted by molar-refractivity contribution is 7.81. The van der Waals surface area contributed by atoms with Gasteiger partial charge in [0.15, 0.2) is 0 Å². The van der Waals surface area contributed by atoms with Crippen LogP contribution in [0.5, 0.6) is 0 Å². The highest BCUT2D eigenvalue weighted by Gasteiger charge is 2.49. The summed E-state index contributed by atoms with van der Waals surface area (Å²) >= 11 is 0. The SMILES string of the molecule is CCCOCNC(=O)[C@@H]1CC[C@@H]2CN1C(=O)N2OS(=O)(=O)OCCCCOC(=O)CC. The molecule has 0 unspecified atom stereocenters. The first-order valence-corrected chi connectivity index (χ1v) is 11.8. The van der Waals surface area contributed by atoms with Crippen molar-refractivity contribution in [2.24, 2.45) is 0 Å². The lowest BCUT2D eigenvalue weighted by molar-refractivity contribution is -0.143. The number of carbonyl (C=O) groups is 3. The number of nitrogens with one attached hydrogen (secondary N) is 1. The van der Waals surface area contributed by atoms with Crippen LogP contribution in [0.25, 0.3) is 0 Å². The lowest BCUT2D eigenvalue weighted by atomic mass is 10.0. The number of fused-ring (bicyclic) bond motifs is 2. The molecule has 2 saturated heterocycles. The molecule has 0 saturated carbocycles. The molecule has 2 rings (SSSR count). The molecule has 2 aliphatic heterocycles. The average molecular weight is 466 g/mol. The molecular weight excluding hydrogens is 434 g/mol. The lowest BCUT2D eigenvalue weighted by Gasteiger charge is -2.29. The number of hydrogen-bond donors (Lipinski definition) is 1. The molecule has 178 valence electrons. The van der Waals surface area contributed by atoms with Crippen LogP contribution in [0.4, 0.5) is 4.79 Å². The van der Waals surface area contributed by atoms with E-state index in [0.29, 0.717) is 32.3 Å². The smallest absolute Gasteiger partial charge is 0.421 e. The Labute approximate surface area is 182 Å². The van der Waals surface area contributed by atoms with Gasteiger partial charge in [-0.15, -0.1) is 4.28 Å². The molecule has 2 fully saturated rings. The van der Waals surface area contributed by atoms with E-state index in [9.17, 15) is 22.8 Å². The van der Waals surface area contributed by atoms with E-state index in [1.165, 1.54) is 4.90 Å². The number of hydroxylamine groups is 2. The number of ether oxygens (including phenoxy) is 2. The van der Waals surface area contributed by atoms with Gasteiger partial charge >= 0.3 is 22.4 Å². The second-order valence-corrected chi connectivity index (χ2v) is 8.39. The summed E-state index contributed by atoms with van der Waals surface area (Å²) in [5, 5.41) is 3.38. The van der Waals surface area contributed by atoms with Crippen molar-refractivity contribution >= 4 is 28.3 Å². The molecule has 0 aliphatic carbocycles. The zero-order valence-electron chi connectivity index (χ0n) is 17.9. The average Bonchev–Trinajstić information content (AvgIpc) is 2.97. The van der Waals surface area contributed by atoms with Crippen LogP contribution in [-0.2, 0) is 37.9 Å². The number of carbonyl (C=O) groups excluding carboxylic acids is 3. The first-order valence-electron chi connectivity index (χ1n) is 10.5. The topological polar surface area (TPSA) is 141 Å². The zero-order valence-corrected chi connectivity index (χ0v) is 18.7. The van der Waals surface area contributed by atoms with Crippen molar-refractivity contribution in [2.45, 2.75) is 64.5 Å². The zero-order chi connectivity index (χ0) is 22.9. The highest BCUT2D eigenvalue weighted by Crippen LogP contribution is 2.31. The molecule has 31 heavy (non-hydrogen) atoms. The van der Waals surface area contributed by atoms with E-state index in [4.69, 9.17) is 17.9 Å². The lowest BCUT2D eigenvalue weighted by Crippen LogP contribution is -2.50. The second-order valence-electron chi connectivity index (χ2n) is 7.19. The normalized spacial score (nSPS) is 20.8. The molecule has 2 bridgehead atoms. The van der Waals surface area contributed by atoms with E-state index in [1.807, 2.05) is 6.92 Å². The highest BCUT2D eigenvalue weighted by atomic mass is 32.3. The number of unbranched alkanes of at least 4 members (excludes halogenated alkanes) is 1. The summed E-state index contributed by atoms with van der Waals surface area (Å²) in [5.41, 5.74) is 0. The van der Waals surface area contributed by atoms with E-state index >= 15 is 0 Å². The fourth-order valence-electron chi connectivity index (χ4n) is 3.23. The van der Waals surface area contributed by atoms with Gasteiger partial charge in [0.1, 0.15) is 12.8 Å². The van der Waals surface area contributed by atoms with Crippen molar-refractivity contribution in [3.63, 3.8) is 0 Å². The van der Waals surface area contributed by atoms with Crippen LogP contribution in [0.2, 0.25) is 0 Å². The van der Waals surface area contributed by atoms with Gasteiger partial charge in [-0.3, -0.25) is 9.59 Å². The number of piperidine rings is 1. The van der Waals surface area contributed by atoms with Crippen molar-refractivity contribution in [3.05, 3.63) is 0 Å². The number of nitrogens with zero attached hydrogens (tertiary/aromatic N) is 2. The maximum Gasteiger partial charge on any atom is 0.421 e. The Bertz CT molecular complexity index is 731. The second kappa shape index (κ2) is 12.2. The van der Waals surface area contributed by atoms with Crippen LogP contribution in [0.1, 0.15) is 52.4 Å². The number of rotatable bonds is 14. The summed E-state index contributed by atoms with van der Waals surface area (Å²) in [6.07, 6.45) is 2.64. The van der Waals surface area contributed by atoms with E-state index in [2.05, 4.69) is 5.32 Å².